The fourth-order valence-electron chi connectivity index (χ4n) is 2.97. The number of ketones is 1. The SMILES string of the molecule is CC(C)C[C@H](NC(=O)CCC(=O)c1ccc(Cl)cc1)C(=O)N1CCOCC1. The van der Waals surface area contributed by atoms with Gasteiger partial charge in [-0.25, -0.2) is 0 Å². The number of benzene rings is 1. The van der Waals surface area contributed by atoms with E-state index in [0.29, 0.717) is 43.3 Å². The van der Waals surface area contributed by atoms with Crippen molar-refractivity contribution in [3.8, 4) is 0 Å². The standard InChI is InChI=1S/C20H27ClN2O4/c1-14(2)13-17(20(26)23-9-11-27-12-10-23)22-19(25)8-7-18(24)15-3-5-16(21)6-4-15/h3-6,14,17H,7-13H2,1-2H3,(H,22,25)/t17-/m0/s1. The topological polar surface area (TPSA) is 75.7 Å². The number of morpholine rings is 1. The van der Waals surface area contributed by atoms with E-state index in [1.54, 1.807) is 29.2 Å². The molecule has 1 aliphatic heterocycles. The fourth-order valence-corrected chi connectivity index (χ4v) is 3.10. The third-order valence-electron chi connectivity index (χ3n) is 4.41. The molecule has 6 nitrogen and oxygen atoms in total. The number of nitrogens with one attached hydrogen (secondary N) is 1. The summed E-state index contributed by atoms with van der Waals surface area (Å²) in [6.45, 7) is 6.13. The molecule has 27 heavy (non-hydrogen) atoms. The summed E-state index contributed by atoms with van der Waals surface area (Å²) in [5.41, 5.74) is 0.523. The van der Waals surface area contributed by atoms with E-state index in [-0.39, 0.29) is 36.4 Å². The quantitative estimate of drug-likeness (QED) is 0.688. The molecule has 0 aromatic heterocycles. The van der Waals surface area contributed by atoms with E-state index in [1.807, 2.05) is 13.8 Å². The van der Waals surface area contributed by atoms with Gasteiger partial charge in [0, 0.05) is 36.5 Å². The number of halogens is 1. The lowest BCUT2D eigenvalue weighted by Gasteiger charge is -2.31. The number of nitrogens with zero attached hydrogens (tertiary/aromatic N) is 1. The maximum Gasteiger partial charge on any atom is 0.245 e. The van der Waals surface area contributed by atoms with E-state index in [4.69, 9.17) is 16.3 Å². The molecule has 7 heteroatoms. The lowest BCUT2D eigenvalue weighted by atomic mass is 10.0. The summed E-state index contributed by atoms with van der Waals surface area (Å²) < 4.78 is 5.28. The van der Waals surface area contributed by atoms with E-state index in [9.17, 15) is 14.4 Å². The molecule has 0 radical (unpaired) electrons. The van der Waals surface area contributed by atoms with Crippen LogP contribution in [-0.2, 0) is 14.3 Å². The summed E-state index contributed by atoms with van der Waals surface area (Å²) in [6.07, 6.45) is 0.702. The Balaban J connectivity index is 1.89. The monoisotopic (exact) mass is 394 g/mol. The van der Waals surface area contributed by atoms with Crippen LogP contribution in [0.2, 0.25) is 5.02 Å². The minimum Gasteiger partial charge on any atom is -0.378 e. The van der Waals surface area contributed by atoms with Crippen LogP contribution in [0.4, 0.5) is 0 Å². The Bertz CT molecular complexity index is 654. The Kier molecular flexibility index (Phi) is 8.25. The highest BCUT2D eigenvalue weighted by Crippen LogP contribution is 2.13. The number of Topliss-reactive ketones (excluding diaryl/α,β-unsaturated/α-hetero) is 1. The molecule has 0 unspecified atom stereocenters. The van der Waals surface area contributed by atoms with Gasteiger partial charge in [0.1, 0.15) is 6.04 Å². The largest absolute Gasteiger partial charge is 0.378 e. The van der Waals surface area contributed by atoms with Gasteiger partial charge < -0.3 is 15.0 Å². The van der Waals surface area contributed by atoms with Crippen molar-refractivity contribution in [2.45, 2.75) is 39.2 Å². The molecule has 0 saturated carbocycles. The molecule has 2 rings (SSSR count). The van der Waals surface area contributed by atoms with Crippen LogP contribution in [0.5, 0.6) is 0 Å². The van der Waals surface area contributed by atoms with Gasteiger partial charge in [-0.2, -0.15) is 0 Å². The minimum atomic E-state index is -0.568. The van der Waals surface area contributed by atoms with Crippen molar-refractivity contribution in [3.05, 3.63) is 34.9 Å². The van der Waals surface area contributed by atoms with Gasteiger partial charge in [-0.1, -0.05) is 25.4 Å². The van der Waals surface area contributed by atoms with Crippen molar-refractivity contribution < 1.29 is 19.1 Å². The highest BCUT2D eigenvalue weighted by molar-refractivity contribution is 6.30. The van der Waals surface area contributed by atoms with Gasteiger partial charge in [-0.15, -0.1) is 0 Å². The van der Waals surface area contributed by atoms with Crippen LogP contribution < -0.4 is 5.32 Å². The van der Waals surface area contributed by atoms with Gasteiger partial charge in [-0.05, 0) is 36.6 Å². The summed E-state index contributed by atoms with van der Waals surface area (Å²) in [7, 11) is 0. The Hall–Kier alpha value is -1.92. The zero-order chi connectivity index (χ0) is 19.8. The van der Waals surface area contributed by atoms with Crippen LogP contribution in [0.3, 0.4) is 0 Å². The number of rotatable bonds is 8. The first-order valence-corrected chi connectivity index (χ1v) is 9.69. The first-order valence-electron chi connectivity index (χ1n) is 9.31. The summed E-state index contributed by atoms with van der Waals surface area (Å²) in [5, 5.41) is 3.37. The molecule has 1 saturated heterocycles. The summed E-state index contributed by atoms with van der Waals surface area (Å²) in [5.74, 6) is -0.230. The fraction of sp³-hybridized carbons (Fsp3) is 0.550. The third-order valence-corrected chi connectivity index (χ3v) is 4.66. The number of carbonyl (C=O) groups excluding carboxylic acids is 3. The smallest absolute Gasteiger partial charge is 0.245 e. The molecule has 1 aliphatic rings. The second-order valence-electron chi connectivity index (χ2n) is 7.12. The van der Waals surface area contributed by atoms with E-state index in [2.05, 4.69) is 5.32 Å². The van der Waals surface area contributed by atoms with Crippen LogP contribution >= 0.6 is 11.6 Å². The van der Waals surface area contributed by atoms with Crippen molar-refractivity contribution in [1.29, 1.82) is 0 Å². The average Bonchev–Trinajstić information content (AvgIpc) is 2.66. The average molecular weight is 395 g/mol. The number of hydrogen-bond donors (Lipinski definition) is 1. The molecule has 2 amide bonds. The van der Waals surface area contributed by atoms with Crippen LogP contribution in [-0.4, -0.2) is 54.8 Å². The number of amides is 2. The van der Waals surface area contributed by atoms with E-state index < -0.39 is 6.04 Å². The van der Waals surface area contributed by atoms with Gasteiger partial charge in [-0.3, -0.25) is 14.4 Å². The summed E-state index contributed by atoms with van der Waals surface area (Å²) >= 11 is 5.82. The van der Waals surface area contributed by atoms with Crippen LogP contribution in [0.1, 0.15) is 43.5 Å². The van der Waals surface area contributed by atoms with Crippen LogP contribution in [0.15, 0.2) is 24.3 Å². The normalized spacial score (nSPS) is 15.5. The molecule has 1 aromatic carbocycles. The van der Waals surface area contributed by atoms with Gasteiger partial charge >= 0.3 is 0 Å². The van der Waals surface area contributed by atoms with E-state index >= 15 is 0 Å². The highest BCUT2D eigenvalue weighted by atomic mass is 35.5. The van der Waals surface area contributed by atoms with Crippen molar-refractivity contribution in [1.82, 2.24) is 10.2 Å². The first kappa shape index (κ1) is 21.4. The molecule has 1 fully saturated rings. The molecule has 148 valence electrons. The van der Waals surface area contributed by atoms with Gasteiger partial charge in [0.25, 0.3) is 0 Å². The van der Waals surface area contributed by atoms with Crippen molar-refractivity contribution in [2.24, 2.45) is 5.92 Å². The number of ether oxygens (including phenoxy) is 1. The Morgan fingerprint density at radius 1 is 1.11 bits per heavy atom. The zero-order valence-electron chi connectivity index (χ0n) is 15.9. The molecule has 1 aromatic rings. The zero-order valence-corrected chi connectivity index (χ0v) is 16.6. The van der Waals surface area contributed by atoms with E-state index in [0.717, 1.165) is 0 Å². The summed E-state index contributed by atoms with van der Waals surface area (Å²) in [4.78, 5) is 39.0. The van der Waals surface area contributed by atoms with Gasteiger partial charge in [0.15, 0.2) is 5.78 Å². The molecule has 0 aliphatic carbocycles. The van der Waals surface area contributed by atoms with Gasteiger partial charge in [0.05, 0.1) is 13.2 Å². The van der Waals surface area contributed by atoms with Crippen LogP contribution in [0.25, 0.3) is 0 Å². The Morgan fingerprint density at radius 2 is 1.74 bits per heavy atom. The van der Waals surface area contributed by atoms with Crippen molar-refractivity contribution >= 4 is 29.2 Å². The van der Waals surface area contributed by atoms with Crippen molar-refractivity contribution in [3.63, 3.8) is 0 Å². The predicted octanol–water partition coefficient (Wildman–Crippen LogP) is 2.69. The third kappa shape index (κ3) is 6.96. The lowest BCUT2D eigenvalue weighted by molar-refractivity contribution is -0.140. The second kappa shape index (κ2) is 10.4. The maximum absolute atomic E-state index is 12.7. The lowest BCUT2D eigenvalue weighted by Crippen LogP contribution is -2.52. The van der Waals surface area contributed by atoms with E-state index in [1.165, 1.54) is 0 Å². The molecule has 0 spiro atoms. The first-order chi connectivity index (χ1) is 12.9. The molecule has 1 N–H and O–H groups in total. The maximum atomic E-state index is 12.7. The van der Waals surface area contributed by atoms with Crippen LogP contribution in [0, 0.1) is 5.92 Å². The minimum absolute atomic E-state index is 0.0481. The summed E-state index contributed by atoms with van der Waals surface area (Å²) in [6, 6.07) is 6.02. The number of carbonyl (C=O) groups is 3. The molecular formula is C20H27ClN2O4. The molecule has 1 heterocycles. The Morgan fingerprint density at radius 3 is 2.33 bits per heavy atom. The second-order valence-corrected chi connectivity index (χ2v) is 7.55. The predicted molar refractivity (Wildman–Crippen MR) is 104 cm³/mol. The highest BCUT2D eigenvalue weighted by Gasteiger charge is 2.27. The Labute approximate surface area is 165 Å². The molecular weight excluding hydrogens is 368 g/mol. The van der Waals surface area contributed by atoms with Crippen molar-refractivity contribution in [2.75, 3.05) is 26.3 Å². The number of hydrogen-bond acceptors (Lipinski definition) is 4. The van der Waals surface area contributed by atoms with Gasteiger partial charge in [0.2, 0.25) is 11.8 Å². The molecule has 1 atom stereocenters. The molecule has 0 bridgehead atoms.